The lowest BCUT2D eigenvalue weighted by atomic mass is 9.78. The van der Waals surface area contributed by atoms with E-state index < -0.39 is 0 Å². The van der Waals surface area contributed by atoms with Gasteiger partial charge in [-0.2, -0.15) is 0 Å². The highest BCUT2D eigenvalue weighted by Gasteiger charge is 2.34. The summed E-state index contributed by atoms with van der Waals surface area (Å²) in [7, 11) is 1.98. The van der Waals surface area contributed by atoms with Gasteiger partial charge in [0.1, 0.15) is 0 Å². The second-order valence-electron chi connectivity index (χ2n) is 4.16. The molecule has 0 N–H and O–H groups in total. The number of hydrogen-bond donors (Lipinski definition) is 0. The van der Waals surface area contributed by atoms with Crippen LogP contribution in [0.25, 0.3) is 0 Å². The summed E-state index contributed by atoms with van der Waals surface area (Å²) in [5.41, 5.74) is 0. The number of fused-ring (bicyclic) bond motifs is 1. The molecule has 2 atom stereocenters. The normalized spacial score (nSPS) is 36.4. The zero-order valence-electron chi connectivity index (χ0n) is 7.75. The maximum absolute atomic E-state index is 11.4. The summed E-state index contributed by atoms with van der Waals surface area (Å²) in [6, 6.07) is 0.583. The molecular formula is C10H17NO. The van der Waals surface area contributed by atoms with Gasteiger partial charge in [-0.05, 0) is 25.2 Å². The number of amides is 1. The Morgan fingerprint density at radius 2 is 2.00 bits per heavy atom. The van der Waals surface area contributed by atoms with Crippen molar-refractivity contribution in [3.05, 3.63) is 0 Å². The molecule has 2 heteroatoms. The summed E-state index contributed by atoms with van der Waals surface area (Å²) >= 11 is 0. The van der Waals surface area contributed by atoms with E-state index in [1.54, 1.807) is 0 Å². The average Bonchev–Trinajstić information content (AvgIpc) is 2.12. The van der Waals surface area contributed by atoms with E-state index in [0.29, 0.717) is 11.9 Å². The van der Waals surface area contributed by atoms with Crippen LogP contribution in [0.5, 0.6) is 0 Å². The lowest BCUT2D eigenvalue weighted by Gasteiger charge is -2.41. The molecule has 1 aliphatic carbocycles. The fourth-order valence-electron chi connectivity index (χ4n) is 2.70. The van der Waals surface area contributed by atoms with E-state index in [-0.39, 0.29) is 0 Å². The Balaban J connectivity index is 2.08. The van der Waals surface area contributed by atoms with Crippen LogP contribution in [0, 0.1) is 5.92 Å². The first kappa shape index (κ1) is 8.09. The summed E-state index contributed by atoms with van der Waals surface area (Å²) in [5, 5.41) is 0. The number of piperidine rings is 1. The predicted octanol–water partition coefficient (Wildman–Crippen LogP) is 1.80. The maximum Gasteiger partial charge on any atom is 0.222 e. The van der Waals surface area contributed by atoms with E-state index in [4.69, 9.17) is 0 Å². The monoisotopic (exact) mass is 167 g/mol. The van der Waals surface area contributed by atoms with Gasteiger partial charge in [-0.3, -0.25) is 4.79 Å². The first-order valence-corrected chi connectivity index (χ1v) is 5.04. The minimum absolute atomic E-state index is 0.359. The molecule has 1 unspecified atom stereocenters. The first-order chi connectivity index (χ1) is 5.79. The molecule has 0 radical (unpaired) electrons. The van der Waals surface area contributed by atoms with Gasteiger partial charge in [-0.25, -0.2) is 0 Å². The molecule has 1 aliphatic heterocycles. The Kier molecular flexibility index (Phi) is 2.07. The first-order valence-electron chi connectivity index (χ1n) is 5.04. The molecule has 0 spiro atoms. The molecule has 1 amide bonds. The Morgan fingerprint density at radius 1 is 1.25 bits per heavy atom. The standard InChI is InChI=1S/C10H17NO/c1-11-9-5-3-2-4-8(9)6-7-10(11)12/h8-9H,2-7H2,1H3/t8?,9-/m1/s1. The minimum atomic E-state index is 0.359. The van der Waals surface area contributed by atoms with Gasteiger partial charge in [0.2, 0.25) is 5.91 Å². The third-order valence-corrected chi connectivity index (χ3v) is 3.49. The Labute approximate surface area is 73.9 Å². The molecule has 0 aromatic rings. The van der Waals surface area contributed by atoms with Crippen LogP contribution in [0.4, 0.5) is 0 Å². The molecule has 1 saturated carbocycles. The number of carbonyl (C=O) groups excluding carboxylic acids is 1. The highest BCUT2D eigenvalue weighted by molar-refractivity contribution is 5.77. The van der Waals surface area contributed by atoms with E-state index in [0.717, 1.165) is 18.8 Å². The molecule has 2 aliphatic rings. The maximum atomic E-state index is 11.4. The molecule has 68 valence electrons. The van der Waals surface area contributed by atoms with Gasteiger partial charge in [0.15, 0.2) is 0 Å². The van der Waals surface area contributed by atoms with Gasteiger partial charge in [-0.15, -0.1) is 0 Å². The molecule has 2 nitrogen and oxygen atoms in total. The van der Waals surface area contributed by atoms with Crippen LogP contribution in [0.2, 0.25) is 0 Å². The topological polar surface area (TPSA) is 20.3 Å². The average molecular weight is 167 g/mol. The summed E-state index contributed by atoms with van der Waals surface area (Å²) in [4.78, 5) is 13.4. The zero-order valence-corrected chi connectivity index (χ0v) is 7.75. The molecule has 0 aromatic carbocycles. The number of carbonyl (C=O) groups is 1. The van der Waals surface area contributed by atoms with Crippen LogP contribution in [0.15, 0.2) is 0 Å². The molecule has 2 fully saturated rings. The van der Waals surface area contributed by atoms with Crippen molar-refractivity contribution in [2.75, 3.05) is 7.05 Å². The lowest BCUT2D eigenvalue weighted by molar-refractivity contribution is -0.137. The van der Waals surface area contributed by atoms with Gasteiger partial charge in [-0.1, -0.05) is 12.8 Å². The van der Waals surface area contributed by atoms with E-state index in [9.17, 15) is 4.79 Å². The van der Waals surface area contributed by atoms with Crippen LogP contribution >= 0.6 is 0 Å². The van der Waals surface area contributed by atoms with Crippen LogP contribution in [0.1, 0.15) is 38.5 Å². The van der Waals surface area contributed by atoms with Gasteiger partial charge < -0.3 is 4.90 Å². The Bertz CT molecular complexity index is 190. The SMILES string of the molecule is CN1C(=O)CCC2CCCC[C@H]21. The van der Waals surface area contributed by atoms with Gasteiger partial charge in [0.05, 0.1) is 0 Å². The summed E-state index contributed by atoms with van der Waals surface area (Å²) in [6.07, 6.45) is 7.22. The van der Waals surface area contributed by atoms with Crippen molar-refractivity contribution in [2.45, 2.75) is 44.6 Å². The third-order valence-electron chi connectivity index (χ3n) is 3.49. The van der Waals surface area contributed by atoms with Crippen LogP contribution in [-0.4, -0.2) is 23.9 Å². The van der Waals surface area contributed by atoms with Crippen molar-refractivity contribution < 1.29 is 4.79 Å². The van der Waals surface area contributed by atoms with Crippen molar-refractivity contribution >= 4 is 5.91 Å². The van der Waals surface area contributed by atoms with Crippen molar-refractivity contribution in [3.8, 4) is 0 Å². The summed E-state index contributed by atoms with van der Waals surface area (Å²) < 4.78 is 0. The van der Waals surface area contributed by atoms with Gasteiger partial charge in [0, 0.05) is 19.5 Å². The minimum Gasteiger partial charge on any atom is -0.343 e. The van der Waals surface area contributed by atoms with Gasteiger partial charge >= 0.3 is 0 Å². The predicted molar refractivity (Wildman–Crippen MR) is 47.8 cm³/mol. The number of hydrogen-bond acceptors (Lipinski definition) is 1. The summed E-state index contributed by atoms with van der Waals surface area (Å²) in [6.45, 7) is 0. The smallest absolute Gasteiger partial charge is 0.222 e. The Hall–Kier alpha value is -0.530. The van der Waals surface area contributed by atoms with E-state index in [2.05, 4.69) is 0 Å². The van der Waals surface area contributed by atoms with E-state index in [1.165, 1.54) is 25.7 Å². The fourth-order valence-corrected chi connectivity index (χ4v) is 2.70. The molecule has 0 aromatic heterocycles. The fraction of sp³-hybridized carbons (Fsp3) is 0.900. The van der Waals surface area contributed by atoms with Crippen LogP contribution in [0.3, 0.4) is 0 Å². The van der Waals surface area contributed by atoms with Crippen LogP contribution < -0.4 is 0 Å². The zero-order chi connectivity index (χ0) is 8.55. The van der Waals surface area contributed by atoms with Crippen molar-refractivity contribution in [1.29, 1.82) is 0 Å². The number of rotatable bonds is 0. The van der Waals surface area contributed by atoms with Crippen molar-refractivity contribution in [3.63, 3.8) is 0 Å². The molecular weight excluding hydrogens is 150 g/mol. The van der Waals surface area contributed by atoms with Crippen molar-refractivity contribution in [1.82, 2.24) is 4.90 Å². The molecule has 1 saturated heterocycles. The molecule has 12 heavy (non-hydrogen) atoms. The van der Waals surface area contributed by atoms with Crippen LogP contribution in [-0.2, 0) is 4.79 Å². The second kappa shape index (κ2) is 3.08. The third kappa shape index (κ3) is 1.23. The number of likely N-dealkylation sites (tertiary alicyclic amines) is 1. The van der Waals surface area contributed by atoms with E-state index >= 15 is 0 Å². The highest BCUT2D eigenvalue weighted by Crippen LogP contribution is 2.34. The molecule has 0 bridgehead atoms. The second-order valence-corrected chi connectivity index (χ2v) is 4.16. The highest BCUT2D eigenvalue weighted by atomic mass is 16.2. The summed E-state index contributed by atoms with van der Waals surface area (Å²) in [5.74, 6) is 1.18. The Morgan fingerprint density at radius 3 is 2.83 bits per heavy atom. The van der Waals surface area contributed by atoms with Crippen molar-refractivity contribution in [2.24, 2.45) is 5.92 Å². The lowest BCUT2D eigenvalue weighted by Crippen LogP contribution is -2.47. The van der Waals surface area contributed by atoms with Gasteiger partial charge in [0.25, 0.3) is 0 Å². The largest absolute Gasteiger partial charge is 0.343 e. The molecule has 2 rings (SSSR count). The molecule has 1 heterocycles. The van der Waals surface area contributed by atoms with E-state index in [1.807, 2.05) is 11.9 Å². The number of nitrogens with zero attached hydrogens (tertiary/aromatic N) is 1. The quantitative estimate of drug-likeness (QED) is 0.538.